The summed E-state index contributed by atoms with van der Waals surface area (Å²) in [5.41, 5.74) is 34.6. The van der Waals surface area contributed by atoms with Gasteiger partial charge >= 0.3 is 0 Å². The minimum Gasteiger partial charge on any atom is -0.378 e. The molecule has 594 valence electrons. The van der Waals surface area contributed by atoms with E-state index in [0.717, 1.165) is 213 Å². The number of benzene rings is 6. The van der Waals surface area contributed by atoms with Gasteiger partial charge in [-0.05, 0) is 107 Å². The maximum absolute atomic E-state index is 13.1. The summed E-state index contributed by atoms with van der Waals surface area (Å²) in [5, 5.41) is 37.1. The highest BCUT2D eigenvalue weighted by Crippen LogP contribution is 2.45. The molecule has 24 heteroatoms. The maximum Gasteiger partial charge on any atom is 0.252 e. The second-order valence-corrected chi connectivity index (χ2v) is 33.1. The third-order valence-electron chi connectivity index (χ3n) is 25.1. The monoisotopic (exact) mass is 1530 g/mol. The van der Waals surface area contributed by atoms with E-state index in [1.54, 1.807) is 0 Å². The van der Waals surface area contributed by atoms with Crippen molar-refractivity contribution < 1.29 is 37.4 Å². The molecule has 5 atom stereocenters. The summed E-state index contributed by atoms with van der Waals surface area (Å²) < 4.78 is 43.1. The van der Waals surface area contributed by atoms with Crippen LogP contribution in [0.2, 0.25) is 0 Å². The number of piperazine rings is 3. The van der Waals surface area contributed by atoms with Gasteiger partial charge in [-0.15, -0.1) is 0 Å². The molecular weight excluding hydrogens is 1420 g/mol. The highest BCUT2D eigenvalue weighted by Gasteiger charge is 2.59. The number of amides is 3. The second kappa shape index (κ2) is 35.9. The van der Waals surface area contributed by atoms with Gasteiger partial charge in [-0.1, -0.05) is 178 Å². The Bertz CT molecular complexity index is 4260. The van der Waals surface area contributed by atoms with Crippen LogP contribution in [0.4, 0.5) is 8.78 Å². The summed E-state index contributed by atoms with van der Waals surface area (Å²) in [5.74, 6) is -4.12. The van der Waals surface area contributed by atoms with Crippen LogP contribution in [0.5, 0.6) is 0 Å². The van der Waals surface area contributed by atoms with Crippen molar-refractivity contribution in [2.45, 2.75) is 160 Å². The highest BCUT2D eigenvalue weighted by molar-refractivity contribution is 5.89. The maximum atomic E-state index is 13.1. The van der Waals surface area contributed by atoms with E-state index < -0.39 is 59.4 Å². The third kappa shape index (κ3) is 19.1. The Morgan fingerprint density at radius 3 is 1.17 bits per heavy atom. The lowest BCUT2D eigenvalue weighted by atomic mass is 9.73. The van der Waals surface area contributed by atoms with Crippen LogP contribution in [0, 0.1) is 34.0 Å². The molecule has 6 aromatic carbocycles. The topological polar surface area (TPSA) is 310 Å². The summed E-state index contributed by atoms with van der Waals surface area (Å²) in [6.07, 6.45) is 7.34. The van der Waals surface area contributed by atoms with Crippen LogP contribution in [0.1, 0.15) is 104 Å². The second-order valence-electron chi connectivity index (χ2n) is 33.1. The number of ether oxygens (including phenoxy) is 3. The number of rotatable bonds is 22. The van der Waals surface area contributed by atoms with Crippen molar-refractivity contribution in [2.24, 2.45) is 22.9 Å². The van der Waals surface area contributed by atoms with E-state index in [4.69, 9.17) is 37.1 Å². The van der Waals surface area contributed by atoms with Gasteiger partial charge in [0.15, 0.2) is 0 Å². The van der Waals surface area contributed by atoms with Crippen LogP contribution < -0.4 is 38.9 Å². The first-order valence-corrected chi connectivity index (χ1v) is 40.3. The quantitative estimate of drug-likeness (QED) is 0.0345. The normalized spacial score (nSPS) is 23.8. The number of hydrogen-bond acceptors (Lipinski definition) is 19. The van der Waals surface area contributed by atoms with Crippen molar-refractivity contribution in [1.82, 2.24) is 45.3 Å². The molecule has 6 aliphatic heterocycles. The number of nitrogens with two attached hydrogens (primary N) is 4. The van der Waals surface area contributed by atoms with Gasteiger partial charge in [-0.3, -0.25) is 34.0 Å². The molecule has 0 spiro atoms. The molecule has 2 unspecified atom stereocenters. The van der Waals surface area contributed by atoms with Gasteiger partial charge in [-0.2, -0.15) is 15.8 Å². The zero-order valence-corrected chi connectivity index (χ0v) is 65.1. The molecule has 9 aliphatic rings. The van der Waals surface area contributed by atoms with Crippen molar-refractivity contribution in [3.8, 4) is 51.6 Å². The van der Waals surface area contributed by atoms with E-state index in [1.165, 1.54) is 16.7 Å². The third-order valence-corrected chi connectivity index (χ3v) is 25.1. The van der Waals surface area contributed by atoms with Crippen LogP contribution in [0.3, 0.4) is 0 Å². The van der Waals surface area contributed by atoms with Crippen molar-refractivity contribution in [2.75, 3.05) is 132 Å². The van der Waals surface area contributed by atoms with Gasteiger partial charge < -0.3 is 62.9 Å². The molecule has 15 rings (SSSR count). The molecule has 0 aromatic heterocycles. The molecule has 0 radical (unpaired) electrons. The molecule has 3 amide bonds. The van der Waals surface area contributed by atoms with Gasteiger partial charge in [-0.25, -0.2) is 8.78 Å². The number of halogens is 2. The number of nitrogens with zero attached hydrogens (tertiary/aromatic N) is 9. The Kier molecular flexibility index (Phi) is 26.2. The molecule has 22 nitrogen and oxygen atoms in total. The molecular formula is C88H112F2N16O6. The summed E-state index contributed by atoms with van der Waals surface area (Å²) in [6, 6.07) is 55.3. The van der Waals surface area contributed by atoms with Gasteiger partial charge in [0.05, 0.1) is 80.5 Å². The largest absolute Gasteiger partial charge is 0.378 e. The van der Waals surface area contributed by atoms with Crippen LogP contribution >= 0.6 is 0 Å². The lowest BCUT2D eigenvalue weighted by molar-refractivity contribution is -0.164. The summed E-state index contributed by atoms with van der Waals surface area (Å²) in [4.78, 5) is 52.9. The summed E-state index contributed by atoms with van der Waals surface area (Å²) in [7, 11) is 4.34. The minimum absolute atomic E-state index is 0.00988. The lowest BCUT2D eigenvalue weighted by Gasteiger charge is -2.53. The van der Waals surface area contributed by atoms with Crippen LogP contribution in [0.15, 0.2) is 146 Å². The van der Waals surface area contributed by atoms with Gasteiger partial charge in [0.1, 0.15) is 29.2 Å². The number of nitrogens with one attached hydrogen (secondary N) is 3. The predicted octanol–water partition coefficient (Wildman–Crippen LogP) is 7.56. The fourth-order valence-corrected chi connectivity index (χ4v) is 17.3. The summed E-state index contributed by atoms with van der Waals surface area (Å²) in [6.45, 7) is 18.6. The molecule has 9 fully saturated rings. The van der Waals surface area contributed by atoms with E-state index in [1.807, 2.05) is 54.6 Å². The Labute approximate surface area is 659 Å². The molecule has 0 bridgehead atoms. The molecule has 112 heavy (non-hydrogen) atoms. The zero-order valence-electron chi connectivity index (χ0n) is 65.1. The Hall–Kier alpha value is -8.46. The van der Waals surface area contributed by atoms with Gasteiger partial charge in [0.2, 0.25) is 17.7 Å². The Morgan fingerprint density at radius 1 is 0.455 bits per heavy atom. The van der Waals surface area contributed by atoms with E-state index in [9.17, 15) is 39.0 Å². The number of alkyl halides is 2. The van der Waals surface area contributed by atoms with Crippen molar-refractivity contribution in [3.05, 3.63) is 179 Å². The van der Waals surface area contributed by atoms with Crippen LogP contribution in [0.25, 0.3) is 33.4 Å². The predicted molar refractivity (Wildman–Crippen MR) is 428 cm³/mol. The standard InChI is InChI=1S/C32H41N5O3.C30H40N6O2.C26H31F2N5O/c33-19-28(35-30(38)31(34)12-2-1-3-13-31)18-24-4-6-25(7-5-24)26-8-10-27(11-9-26)32(22-40-23-32)37-16-14-36(15-17-37)29-20-39-21-29;1-35-14-16-36(17-15-35)29(20-38-21-29)25-11-9-24(10-12-25)23-7-5-22(6-8-23)18-26(19-31)34-28(37)30(33)13-3-2-4-27(30)32;1-32-10-12-33(13-11-32)16-20-4-8-22(9-5-20)21-6-2-19(3-7-21)14-23(15-29)31-24(34)25(30)17-26(27,28)18-25/h4-11,28-29H,1-3,12-18,20-23,34H2,(H,35,38);5-12,26-27H,2-4,13-18,20-21,32-33H2,1H3,(H,34,37);2-9,23H,10-14,16-18,30H2,1H3,(H,31,34)/t28-;26-,27?,30-;/m11./s1. The number of nitriles is 3. The van der Waals surface area contributed by atoms with Gasteiger partial charge in [0, 0.05) is 123 Å². The molecule has 6 saturated heterocycles. The number of hydrogen-bond donors (Lipinski definition) is 7. The van der Waals surface area contributed by atoms with Crippen molar-refractivity contribution in [1.29, 1.82) is 15.8 Å². The summed E-state index contributed by atoms with van der Waals surface area (Å²) >= 11 is 0. The number of carbonyl (C=O) groups is 3. The minimum atomic E-state index is -2.91. The molecule has 6 heterocycles. The van der Waals surface area contributed by atoms with Crippen molar-refractivity contribution in [3.63, 3.8) is 0 Å². The fourth-order valence-electron chi connectivity index (χ4n) is 17.3. The van der Waals surface area contributed by atoms with Crippen molar-refractivity contribution >= 4 is 17.7 Å². The number of likely N-dealkylation sites (N-methyl/N-ethyl adjacent to an activating group) is 2. The Balaban J connectivity index is 0.000000148. The first kappa shape index (κ1) is 81.6. The van der Waals surface area contributed by atoms with E-state index in [-0.39, 0.29) is 35.4 Å². The molecule has 3 saturated carbocycles. The van der Waals surface area contributed by atoms with E-state index >= 15 is 0 Å². The first-order chi connectivity index (χ1) is 54.0. The lowest BCUT2D eigenvalue weighted by Crippen LogP contribution is -2.67. The molecule has 3 aliphatic carbocycles. The number of carbonyl (C=O) groups excluding carboxylic acids is 3. The van der Waals surface area contributed by atoms with E-state index in [2.05, 4.69) is 169 Å². The zero-order chi connectivity index (χ0) is 78.7. The molecule has 11 N–H and O–H groups in total. The SMILES string of the molecule is CN1CCN(C2(c3ccc(-c4ccc(C[C@H](C#N)NC(=O)[C@@]5(N)CCCCC5N)cc4)cc3)COC2)CC1.CN1CCN(Cc2ccc(-c3ccc(CC(C#N)NC(=O)C4(N)CC(F)(F)C4)cc3)cc2)CC1.N#C[C@@H](Cc1ccc(-c2ccc(C3(N4CCN(C5COC5)CC4)COC3)cc2)cc1)NC(=O)C1(N)CCCCC1. The fraction of sp³-hybridized carbons (Fsp3) is 0.523. The van der Waals surface area contributed by atoms with Gasteiger partial charge in [0.25, 0.3) is 5.92 Å². The smallest absolute Gasteiger partial charge is 0.252 e. The first-order valence-electron chi connectivity index (χ1n) is 40.3. The van der Waals surface area contributed by atoms with Crippen LogP contribution in [-0.2, 0) is 65.5 Å². The highest BCUT2D eigenvalue weighted by atomic mass is 19.3. The average molecular weight is 1530 g/mol. The average Bonchev–Trinajstić information content (AvgIpc) is 0.759. The van der Waals surface area contributed by atoms with E-state index in [0.29, 0.717) is 38.1 Å². The molecule has 6 aromatic rings. The Morgan fingerprint density at radius 2 is 0.812 bits per heavy atom. The van der Waals surface area contributed by atoms with Crippen LogP contribution in [-0.4, -0.2) is 232 Å².